The number of furan rings is 1. The molecule has 3 aromatic heterocycles. The molecule has 0 N–H and O–H groups in total. The zero-order chi connectivity index (χ0) is 23.9. The summed E-state index contributed by atoms with van der Waals surface area (Å²) in [4.78, 5) is 20.3. The molecule has 1 atom stereocenters. The van der Waals surface area contributed by atoms with Crippen molar-refractivity contribution in [3.05, 3.63) is 64.9 Å². The van der Waals surface area contributed by atoms with E-state index in [1.165, 1.54) is 32.5 Å². The van der Waals surface area contributed by atoms with Gasteiger partial charge < -0.3 is 4.42 Å². The minimum absolute atomic E-state index is 0.130. The summed E-state index contributed by atoms with van der Waals surface area (Å²) in [5.74, 6) is 0.0720. The molecule has 10 heteroatoms. The normalized spacial score (nSPS) is 17.3. The molecule has 0 radical (unpaired) electrons. The first-order valence-electron chi connectivity index (χ1n) is 11.1. The Morgan fingerprint density at radius 3 is 2.79 bits per heavy atom. The van der Waals surface area contributed by atoms with Gasteiger partial charge in [-0.2, -0.15) is 4.31 Å². The van der Waals surface area contributed by atoms with Gasteiger partial charge in [-0.15, -0.1) is 11.3 Å². The second kappa shape index (κ2) is 9.26. The third-order valence-electron chi connectivity index (χ3n) is 6.21. The van der Waals surface area contributed by atoms with Crippen molar-refractivity contribution < 1.29 is 17.6 Å². The Morgan fingerprint density at radius 2 is 2.06 bits per heavy atom. The number of nitrogens with zero attached hydrogens (tertiary/aromatic N) is 3. The number of anilines is 1. The van der Waals surface area contributed by atoms with Gasteiger partial charge >= 0.3 is 0 Å². The maximum absolute atomic E-state index is 13.8. The molecule has 0 spiro atoms. The predicted octanol–water partition coefficient (Wildman–Crippen LogP) is 5.20. The number of piperidine rings is 1. The number of benzene rings is 1. The summed E-state index contributed by atoms with van der Waals surface area (Å²) >= 11 is 2.67. The standard InChI is InChI=1S/C24H25N3O4S3/c1-16-12-20-21(13-17(16)2)33-24(25-20)27(15-19-7-4-10-31-19)23(28)18-6-3-9-26(14-18)34(29,30)22-8-5-11-32-22/h4-5,7-8,10-13,18H,3,6,9,14-15H2,1-2H3. The summed E-state index contributed by atoms with van der Waals surface area (Å²) in [6.07, 6.45) is 2.85. The van der Waals surface area contributed by atoms with Gasteiger partial charge in [-0.3, -0.25) is 9.69 Å². The quantitative estimate of drug-likeness (QED) is 0.352. The topological polar surface area (TPSA) is 83.7 Å². The van der Waals surface area contributed by atoms with Gasteiger partial charge in [0.25, 0.3) is 10.0 Å². The van der Waals surface area contributed by atoms with E-state index < -0.39 is 15.9 Å². The van der Waals surface area contributed by atoms with Gasteiger partial charge in [0.2, 0.25) is 5.91 Å². The Hall–Kier alpha value is -2.53. The van der Waals surface area contributed by atoms with Crippen LogP contribution in [-0.4, -0.2) is 36.7 Å². The van der Waals surface area contributed by atoms with E-state index in [4.69, 9.17) is 9.40 Å². The summed E-state index contributed by atoms with van der Waals surface area (Å²) < 4.78 is 34.5. The number of hydrogen-bond donors (Lipinski definition) is 0. The van der Waals surface area contributed by atoms with Crippen LogP contribution < -0.4 is 4.90 Å². The average Bonchev–Trinajstić information content (AvgIpc) is 3.59. The van der Waals surface area contributed by atoms with Crippen LogP contribution in [0.15, 0.2) is 56.7 Å². The van der Waals surface area contributed by atoms with Gasteiger partial charge in [-0.25, -0.2) is 13.4 Å². The minimum Gasteiger partial charge on any atom is -0.467 e. The number of aromatic nitrogens is 1. The number of hydrogen-bond acceptors (Lipinski definition) is 7. The Balaban J connectivity index is 1.46. The highest BCUT2D eigenvalue weighted by molar-refractivity contribution is 7.91. The van der Waals surface area contributed by atoms with Crippen molar-refractivity contribution in [1.29, 1.82) is 0 Å². The van der Waals surface area contributed by atoms with Crippen LogP contribution in [0.4, 0.5) is 5.13 Å². The van der Waals surface area contributed by atoms with Gasteiger partial charge in [-0.05, 0) is 73.5 Å². The van der Waals surface area contributed by atoms with Gasteiger partial charge in [0, 0.05) is 13.1 Å². The summed E-state index contributed by atoms with van der Waals surface area (Å²) in [5.41, 5.74) is 3.18. The molecule has 1 aromatic carbocycles. The summed E-state index contributed by atoms with van der Waals surface area (Å²) in [7, 11) is -3.61. The number of sulfonamides is 1. The molecule has 1 unspecified atom stereocenters. The van der Waals surface area contributed by atoms with E-state index in [2.05, 4.69) is 13.0 Å². The van der Waals surface area contributed by atoms with Crippen molar-refractivity contribution >= 4 is 54.0 Å². The fourth-order valence-corrected chi connectivity index (χ4v) is 7.92. The van der Waals surface area contributed by atoms with Crippen molar-refractivity contribution in [3.63, 3.8) is 0 Å². The van der Waals surface area contributed by atoms with E-state index in [1.54, 1.807) is 34.7 Å². The van der Waals surface area contributed by atoms with Crippen LogP contribution in [0.25, 0.3) is 10.2 Å². The number of thiophene rings is 1. The monoisotopic (exact) mass is 515 g/mol. The molecule has 1 aliphatic heterocycles. The number of aryl methyl sites for hydroxylation is 2. The van der Waals surface area contributed by atoms with E-state index in [1.807, 2.05) is 19.1 Å². The first-order chi connectivity index (χ1) is 16.3. The average molecular weight is 516 g/mol. The maximum Gasteiger partial charge on any atom is 0.252 e. The molecule has 5 rings (SSSR count). The van der Waals surface area contributed by atoms with Crippen LogP contribution in [-0.2, 0) is 21.4 Å². The van der Waals surface area contributed by atoms with Gasteiger partial charge in [0.15, 0.2) is 5.13 Å². The lowest BCUT2D eigenvalue weighted by atomic mass is 9.98. The lowest BCUT2D eigenvalue weighted by Gasteiger charge is -2.33. The highest BCUT2D eigenvalue weighted by Gasteiger charge is 2.36. The number of fused-ring (bicyclic) bond motifs is 1. The van der Waals surface area contributed by atoms with Crippen LogP contribution in [0.3, 0.4) is 0 Å². The van der Waals surface area contributed by atoms with Crippen molar-refractivity contribution in [3.8, 4) is 0 Å². The molecule has 1 amide bonds. The molecule has 34 heavy (non-hydrogen) atoms. The molecule has 4 heterocycles. The SMILES string of the molecule is Cc1cc2nc(N(Cc3ccco3)C(=O)C3CCCN(S(=O)(=O)c4cccs4)C3)sc2cc1C. The summed E-state index contributed by atoms with van der Waals surface area (Å²) in [6, 6.07) is 11.1. The number of rotatable bonds is 6. The van der Waals surface area contributed by atoms with Gasteiger partial charge in [-0.1, -0.05) is 17.4 Å². The molecule has 1 saturated heterocycles. The highest BCUT2D eigenvalue weighted by atomic mass is 32.2. The Kier molecular flexibility index (Phi) is 6.32. The zero-order valence-electron chi connectivity index (χ0n) is 18.9. The lowest BCUT2D eigenvalue weighted by Crippen LogP contribution is -2.46. The Labute approximate surface area is 206 Å². The van der Waals surface area contributed by atoms with E-state index in [9.17, 15) is 13.2 Å². The summed E-state index contributed by atoms with van der Waals surface area (Å²) in [5, 5.41) is 2.35. The molecule has 0 aliphatic carbocycles. The van der Waals surface area contributed by atoms with Crippen LogP contribution in [0.1, 0.15) is 29.7 Å². The second-order valence-corrected chi connectivity index (χ2v) is 12.7. The minimum atomic E-state index is -3.61. The molecule has 0 bridgehead atoms. The molecule has 1 fully saturated rings. The number of amides is 1. The smallest absolute Gasteiger partial charge is 0.252 e. The van der Waals surface area contributed by atoms with Gasteiger partial charge in [0.05, 0.1) is 28.9 Å². The van der Waals surface area contributed by atoms with Crippen LogP contribution in [0, 0.1) is 19.8 Å². The van der Waals surface area contributed by atoms with Gasteiger partial charge in [0.1, 0.15) is 9.97 Å². The molecule has 0 saturated carbocycles. The van der Waals surface area contributed by atoms with Crippen LogP contribution in [0.2, 0.25) is 0 Å². The molecular weight excluding hydrogens is 490 g/mol. The molecular formula is C24H25N3O4S3. The first-order valence-corrected chi connectivity index (χ1v) is 14.2. The summed E-state index contributed by atoms with van der Waals surface area (Å²) in [6.45, 7) is 4.94. The second-order valence-electron chi connectivity index (χ2n) is 8.54. The van der Waals surface area contributed by atoms with Crippen molar-refractivity contribution in [1.82, 2.24) is 9.29 Å². The maximum atomic E-state index is 13.8. The fourth-order valence-electron chi connectivity index (χ4n) is 4.20. The zero-order valence-corrected chi connectivity index (χ0v) is 21.4. The number of carbonyl (C=O) groups excluding carboxylic acids is 1. The van der Waals surface area contributed by atoms with E-state index in [0.29, 0.717) is 34.5 Å². The molecule has 178 valence electrons. The van der Waals surface area contributed by atoms with Crippen LogP contribution >= 0.6 is 22.7 Å². The van der Waals surface area contributed by atoms with E-state index in [0.717, 1.165) is 15.8 Å². The van der Waals surface area contributed by atoms with Crippen molar-refractivity contribution in [2.75, 3.05) is 18.0 Å². The third kappa shape index (κ3) is 4.43. The largest absolute Gasteiger partial charge is 0.467 e. The molecule has 1 aliphatic rings. The fraction of sp³-hybridized carbons (Fsp3) is 0.333. The Bertz CT molecular complexity index is 1370. The third-order valence-corrected chi connectivity index (χ3v) is 10.5. The van der Waals surface area contributed by atoms with Crippen molar-refractivity contribution in [2.45, 2.75) is 37.4 Å². The molecule has 7 nitrogen and oxygen atoms in total. The predicted molar refractivity (Wildman–Crippen MR) is 135 cm³/mol. The van der Waals surface area contributed by atoms with Crippen molar-refractivity contribution in [2.24, 2.45) is 5.92 Å². The molecule has 4 aromatic rings. The lowest BCUT2D eigenvalue weighted by molar-refractivity contribution is -0.123. The highest BCUT2D eigenvalue weighted by Crippen LogP contribution is 2.34. The van der Waals surface area contributed by atoms with Crippen LogP contribution in [0.5, 0.6) is 0 Å². The first kappa shape index (κ1) is 23.2. The van der Waals surface area contributed by atoms with E-state index >= 15 is 0 Å². The number of carbonyl (C=O) groups is 1. The number of thiazole rings is 1. The van der Waals surface area contributed by atoms with E-state index in [-0.39, 0.29) is 19.0 Å². The Morgan fingerprint density at radius 1 is 1.24 bits per heavy atom.